The fraction of sp³-hybridized carbons (Fsp3) is 0.259. The topological polar surface area (TPSA) is 132 Å². The number of fused-ring (bicyclic) bond motifs is 3. The number of hydrogen-bond donors (Lipinski definition) is 2. The molecular formula is C27H23F3N8O2. The summed E-state index contributed by atoms with van der Waals surface area (Å²) in [5.74, 6) is -0.873. The molecule has 2 fully saturated rings. The van der Waals surface area contributed by atoms with Gasteiger partial charge in [-0.3, -0.25) is 9.59 Å². The molecule has 1 aliphatic carbocycles. The van der Waals surface area contributed by atoms with Crippen molar-refractivity contribution in [3.63, 3.8) is 0 Å². The van der Waals surface area contributed by atoms with E-state index in [9.17, 15) is 22.8 Å². The molecule has 1 saturated carbocycles. The number of anilines is 2. The molecule has 40 heavy (non-hydrogen) atoms. The lowest BCUT2D eigenvalue weighted by atomic mass is 10.1. The Balaban J connectivity index is 1.32. The minimum Gasteiger partial charge on any atom is -0.383 e. The van der Waals surface area contributed by atoms with Gasteiger partial charge in [-0.2, -0.15) is 18.3 Å². The number of halogens is 3. The minimum absolute atomic E-state index is 0.0538. The third-order valence-electron chi connectivity index (χ3n) is 7.50. The maximum atomic E-state index is 13.3. The smallest absolute Gasteiger partial charge is 0.383 e. The van der Waals surface area contributed by atoms with E-state index in [-0.39, 0.29) is 29.4 Å². The number of likely N-dealkylation sites (tertiary alicyclic amines) is 1. The molecule has 0 radical (unpaired) electrons. The van der Waals surface area contributed by atoms with E-state index < -0.39 is 23.5 Å². The van der Waals surface area contributed by atoms with E-state index in [4.69, 9.17) is 10.8 Å². The fourth-order valence-corrected chi connectivity index (χ4v) is 5.75. The van der Waals surface area contributed by atoms with Crippen LogP contribution in [0.5, 0.6) is 0 Å². The van der Waals surface area contributed by atoms with Crippen LogP contribution in [-0.2, 0) is 11.0 Å². The second-order valence-electron chi connectivity index (χ2n) is 9.85. The number of benzene rings is 1. The number of pyridine rings is 1. The minimum atomic E-state index is -4.67. The highest BCUT2D eigenvalue weighted by molar-refractivity contribution is 6.05. The number of nitrogen functional groups attached to an aromatic ring is 1. The zero-order chi connectivity index (χ0) is 28.2. The van der Waals surface area contributed by atoms with Crippen molar-refractivity contribution >= 4 is 34.5 Å². The zero-order valence-electron chi connectivity index (χ0n) is 21.0. The SMILES string of the molecule is C=CC(=O)N1C[C@H]2CC(n3nc(-c4ccc(C(=O)Nc5ncccc5C(F)(F)F)cc4)c4c(N)ncnc43)[C@@H]1C2. The Morgan fingerprint density at radius 2 is 1.82 bits per heavy atom. The number of rotatable bonds is 5. The summed E-state index contributed by atoms with van der Waals surface area (Å²) in [4.78, 5) is 39.3. The van der Waals surface area contributed by atoms with E-state index in [1.807, 2.05) is 4.90 Å². The van der Waals surface area contributed by atoms with Gasteiger partial charge in [-0.25, -0.2) is 19.6 Å². The van der Waals surface area contributed by atoms with Gasteiger partial charge in [0.05, 0.1) is 23.0 Å². The highest BCUT2D eigenvalue weighted by atomic mass is 19.4. The number of hydrogen-bond acceptors (Lipinski definition) is 7. The van der Waals surface area contributed by atoms with Crippen molar-refractivity contribution in [2.45, 2.75) is 31.1 Å². The van der Waals surface area contributed by atoms with Crippen molar-refractivity contribution in [2.24, 2.45) is 5.92 Å². The fourth-order valence-electron chi connectivity index (χ4n) is 5.75. The van der Waals surface area contributed by atoms with Crippen LogP contribution in [0, 0.1) is 5.92 Å². The van der Waals surface area contributed by atoms with Gasteiger partial charge in [-0.05, 0) is 49.1 Å². The van der Waals surface area contributed by atoms with Crippen LogP contribution in [0.2, 0.25) is 0 Å². The van der Waals surface area contributed by atoms with Gasteiger partial charge in [0.25, 0.3) is 5.91 Å². The molecule has 3 atom stereocenters. The van der Waals surface area contributed by atoms with Gasteiger partial charge >= 0.3 is 6.18 Å². The van der Waals surface area contributed by atoms with Gasteiger partial charge in [0.15, 0.2) is 5.65 Å². The number of carbonyl (C=O) groups is 2. The Kier molecular flexibility index (Phi) is 6.01. The molecule has 6 rings (SSSR count). The van der Waals surface area contributed by atoms with Gasteiger partial charge < -0.3 is 16.0 Å². The van der Waals surface area contributed by atoms with Crippen molar-refractivity contribution in [2.75, 3.05) is 17.6 Å². The van der Waals surface area contributed by atoms with Crippen LogP contribution in [0.4, 0.5) is 24.8 Å². The molecule has 1 aromatic carbocycles. The molecule has 0 spiro atoms. The normalized spacial score (nSPS) is 20.2. The summed E-state index contributed by atoms with van der Waals surface area (Å²) >= 11 is 0. The van der Waals surface area contributed by atoms with Gasteiger partial charge in [0.1, 0.15) is 23.7 Å². The van der Waals surface area contributed by atoms with Gasteiger partial charge in [-0.1, -0.05) is 18.7 Å². The lowest BCUT2D eigenvalue weighted by Crippen LogP contribution is -2.42. The number of aromatic nitrogens is 5. The van der Waals surface area contributed by atoms with Crippen molar-refractivity contribution < 1.29 is 22.8 Å². The van der Waals surface area contributed by atoms with Crippen LogP contribution < -0.4 is 11.1 Å². The van der Waals surface area contributed by atoms with Crippen molar-refractivity contribution in [3.8, 4) is 11.3 Å². The summed E-state index contributed by atoms with van der Waals surface area (Å²) < 4.78 is 41.7. The number of nitrogens with one attached hydrogen (secondary N) is 1. The standard InChI is InChI=1S/C27H23F3N8O2/c1-2-20(39)37-12-14-10-18(37)19(11-14)38-25-21(23(31)33-13-34-25)22(36-38)15-5-7-16(8-6-15)26(40)35-24-17(27(28,29)30)4-3-9-32-24/h2-9,13-14,18-19H,1,10-12H2,(H2,31,33,34)(H,32,35,40)/t14-,18+,19?/m1/s1. The zero-order valence-corrected chi connectivity index (χ0v) is 21.0. The summed E-state index contributed by atoms with van der Waals surface area (Å²) in [5.41, 5.74) is 6.97. The summed E-state index contributed by atoms with van der Waals surface area (Å²) in [6.45, 7) is 4.30. The molecule has 3 N–H and O–H groups in total. The first-order valence-corrected chi connectivity index (χ1v) is 12.5. The van der Waals surface area contributed by atoms with E-state index in [1.54, 1.807) is 16.8 Å². The molecule has 1 saturated heterocycles. The predicted octanol–water partition coefficient (Wildman–Crippen LogP) is 4.09. The first kappa shape index (κ1) is 25.5. The van der Waals surface area contributed by atoms with Crippen LogP contribution in [0.15, 0.2) is 61.6 Å². The number of piperidine rings is 1. The quantitative estimate of drug-likeness (QED) is 0.359. The van der Waals surface area contributed by atoms with Gasteiger partial charge in [0, 0.05) is 23.9 Å². The first-order chi connectivity index (χ1) is 19.2. The van der Waals surface area contributed by atoms with Gasteiger partial charge in [0.2, 0.25) is 5.91 Å². The molecular weight excluding hydrogens is 525 g/mol. The van der Waals surface area contributed by atoms with E-state index in [1.165, 1.54) is 30.7 Å². The lowest BCUT2D eigenvalue weighted by molar-refractivity contribution is -0.137. The first-order valence-electron chi connectivity index (χ1n) is 12.5. The molecule has 2 aliphatic rings. The third-order valence-corrected chi connectivity index (χ3v) is 7.50. The molecule has 3 aromatic heterocycles. The van der Waals surface area contributed by atoms with E-state index in [2.05, 4.69) is 26.8 Å². The highest BCUT2D eigenvalue weighted by Crippen LogP contribution is 2.46. The monoisotopic (exact) mass is 548 g/mol. The molecule has 4 aromatic rings. The maximum absolute atomic E-state index is 13.3. The molecule has 2 amide bonds. The van der Waals surface area contributed by atoms with Crippen LogP contribution in [0.3, 0.4) is 0 Å². The molecule has 13 heteroatoms. The molecule has 2 bridgehead atoms. The summed E-state index contributed by atoms with van der Waals surface area (Å²) in [6.07, 6.45) is 0.873. The molecule has 4 heterocycles. The lowest BCUT2D eigenvalue weighted by Gasteiger charge is -2.32. The predicted molar refractivity (Wildman–Crippen MR) is 140 cm³/mol. The van der Waals surface area contributed by atoms with Crippen molar-refractivity contribution in [3.05, 3.63) is 72.7 Å². The highest BCUT2D eigenvalue weighted by Gasteiger charge is 2.48. The maximum Gasteiger partial charge on any atom is 0.419 e. The number of nitrogens with zero attached hydrogens (tertiary/aromatic N) is 6. The molecule has 204 valence electrons. The summed E-state index contributed by atoms with van der Waals surface area (Å²) in [5, 5.41) is 7.63. The van der Waals surface area contributed by atoms with Crippen molar-refractivity contribution in [1.82, 2.24) is 29.6 Å². The average molecular weight is 549 g/mol. The second-order valence-corrected chi connectivity index (χ2v) is 9.85. The van der Waals surface area contributed by atoms with Crippen LogP contribution >= 0.6 is 0 Å². The van der Waals surface area contributed by atoms with E-state index >= 15 is 0 Å². The molecule has 10 nitrogen and oxygen atoms in total. The van der Waals surface area contributed by atoms with E-state index in [0.29, 0.717) is 34.8 Å². The Labute approximate surface area is 225 Å². The van der Waals surface area contributed by atoms with Crippen LogP contribution in [0.25, 0.3) is 22.3 Å². The summed E-state index contributed by atoms with van der Waals surface area (Å²) in [6, 6.07) is 8.05. The van der Waals surface area contributed by atoms with Gasteiger partial charge in [-0.15, -0.1) is 0 Å². The number of alkyl halides is 3. The molecule has 1 aliphatic heterocycles. The Morgan fingerprint density at radius 3 is 2.52 bits per heavy atom. The number of nitrogens with two attached hydrogens (primary N) is 1. The number of amides is 2. The third kappa shape index (κ3) is 4.23. The largest absolute Gasteiger partial charge is 0.419 e. The van der Waals surface area contributed by atoms with Crippen molar-refractivity contribution in [1.29, 1.82) is 0 Å². The molecule has 1 unspecified atom stereocenters. The van der Waals surface area contributed by atoms with E-state index in [0.717, 1.165) is 25.0 Å². The van der Waals surface area contributed by atoms with Crippen LogP contribution in [0.1, 0.15) is 34.8 Å². The average Bonchev–Trinajstić information content (AvgIpc) is 3.66. The number of carbonyl (C=O) groups excluding carboxylic acids is 2. The summed E-state index contributed by atoms with van der Waals surface area (Å²) in [7, 11) is 0. The van der Waals surface area contributed by atoms with Crippen LogP contribution in [-0.4, -0.2) is 54.0 Å². The Morgan fingerprint density at radius 1 is 1.07 bits per heavy atom. The Bertz CT molecular complexity index is 1650. The second kappa shape index (κ2) is 9.43. The Hall–Kier alpha value is -4.81.